The Labute approximate surface area is 166 Å². The third-order valence-electron chi connectivity index (χ3n) is 3.71. The zero-order valence-electron chi connectivity index (χ0n) is 14.5. The molecule has 140 valence electrons. The molecule has 0 saturated carbocycles. The standard InChI is InChI=1S/C19H17Cl2N3O3/c1-26-15-4-2-14(3-5-15)24-9-8-13(23-24)11-22-19(25)12-27-16-6-7-17(20)18(21)10-16/h2-10H,11-12H2,1H3,(H,22,25). The van der Waals surface area contributed by atoms with Crippen LogP contribution in [0.1, 0.15) is 5.69 Å². The van der Waals surface area contributed by atoms with Crippen molar-refractivity contribution in [2.24, 2.45) is 0 Å². The molecule has 0 fully saturated rings. The molecule has 0 saturated heterocycles. The van der Waals surface area contributed by atoms with Crippen LogP contribution in [0.5, 0.6) is 11.5 Å². The lowest BCUT2D eigenvalue weighted by Crippen LogP contribution is -2.28. The minimum Gasteiger partial charge on any atom is -0.497 e. The van der Waals surface area contributed by atoms with E-state index in [-0.39, 0.29) is 12.5 Å². The van der Waals surface area contributed by atoms with Crippen LogP contribution in [0.3, 0.4) is 0 Å². The second kappa shape index (κ2) is 8.79. The molecular formula is C19H17Cl2N3O3. The Hall–Kier alpha value is -2.70. The van der Waals surface area contributed by atoms with Crippen molar-refractivity contribution in [2.45, 2.75) is 6.54 Å². The molecule has 0 atom stereocenters. The number of nitrogens with one attached hydrogen (secondary N) is 1. The van der Waals surface area contributed by atoms with Crippen LogP contribution in [0.4, 0.5) is 0 Å². The molecule has 0 aliphatic carbocycles. The van der Waals surface area contributed by atoms with E-state index in [2.05, 4.69) is 10.4 Å². The maximum absolute atomic E-state index is 11.9. The molecule has 2 aromatic carbocycles. The molecule has 1 N–H and O–H groups in total. The van der Waals surface area contributed by atoms with Crippen LogP contribution in [0.2, 0.25) is 10.0 Å². The highest BCUT2D eigenvalue weighted by Crippen LogP contribution is 2.26. The Kier molecular flexibility index (Phi) is 6.21. The highest BCUT2D eigenvalue weighted by atomic mass is 35.5. The van der Waals surface area contributed by atoms with Gasteiger partial charge in [0.15, 0.2) is 6.61 Å². The summed E-state index contributed by atoms with van der Waals surface area (Å²) in [6.07, 6.45) is 1.83. The van der Waals surface area contributed by atoms with E-state index in [1.54, 1.807) is 30.0 Å². The van der Waals surface area contributed by atoms with Crippen molar-refractivity contribution in [1.29, 1.82) is 0 Å². The van der Waals surface area contributed by atoms with Gasteiger partial charge in [0.05, 0.1) is 35.1 Å². The van der Waals surface area contributed by atoms with Crippen molar-refractivity contribution in [3.8, 4) is 17.2 Å². The number of methoxy groups -OCH3 is 1. The Bertz CT molecular complexity index is 926. The number of carbonyl (C=O) groups excluding carboxylic acids is 1. The van der Waals surface area contributed by atoms with Crippen LogP contribution < -0.4 is 14.8 Å². The largest absolute Gasteiger partial charge is 0.497 e. The number of halogens is 2. The summed E-state index contributed by atoms with van der Waals surface area (Å²) in [7, 11) is 1.62. The SMILES string of the molecule is COc1ccc(-n2ccc(CNC(=O)COc3ccc(Cl)c(Cl)c3)n2)cc1. The topological polar surface area (TPSA) is 65.4 Å². The van der Waals surface area contributed by atoms with E-state index in [9.17, 15) is 4.79 Å². The fourth-order valence-corrected chi connectivity index (χ4v) is 2.58. The van der Waals surface area contributed by atoms with Gasteiger partial charge in [-0.3, -0.25) is 4.79 Å². The summed E-state index contributed by atoms with van der Waals surface area (Å²) in [5, 5.41) is 8.00. The first-order valence-electron chi connectivity index (χ1n) is 8.08. The molecule has 0 aliphatic heterocycles. The van der Waals surface area contributed by atoms with E-state index >= 15 is 0 Å². The number of hydrogen-bond donors (Lipinski definition) is 1. The fraction of sp³-hybridized carbons (Fsp3) is 0.158. The normalized spacial score (nSPS) is 10.5. The zero-order chi connectivity index (χ0) is 19.2. The molecule has 3 rings (SSSR count). The van der Waals surface area contributed by atoms with E-state index in [0.29, 0.717) is 22.3 Å². The zero-order valence-corrected chi connectivity index (χ0v) is 16.0. The van der Waals surface area contributed by atoms with Crippen molar-refractivity contribution >= 4 is 29.1 Å². The Morgan fingerprint density at radius 3 is 2.52 bits per heavy atom. The molecule has 0 aliphatic rings. The predicted octanol–water partition coefficient (Wildman–Crippen LogP) is 3.88. The second-order valence-electron chi connectivity index (χ2n) is 5.59. The first-order chi connectivity index (χ1) is 13.0. The molecule has 3 aromatic rings. The van der Waals surface area contributed by atoms with Crippen LogP contribution >= 0.6 is 23.2 Å². The highest BCUT2D eigenvalue weighted by molar-refractivity contribution is 6.42. The fourth-order valence-electron chi connectivity index (χ4n) is 2.29. The first-order valence-corrected chi connectivity index (χ1v) is 8.84. The van der Waals surface area contributed by atoms with Crippen molar-refractivity contribution in [2.75, 3.05) is 13.7 Å². The van der Waals surface area contributed by atoms with Crippen LogP contribution in [-0.2, 0) is 11.3 Å². The third-order valence-corrected chi connectivity index (χ3v) is 4.45. The molecule has 8 heteroatoms. The summed E-state index contributed by atoms with van der Waals surface area (Å²) in [4.78, 5) is 11.9. The molecule has 6 nitrogen and oxygen atoms in total. The van der Waals surface area contributed by atoms with Gasteiger partial charge in [-0.05, 0) is 42.5 Å². The number of nitrogens with zero attached hydrogens (tertiary/aromatic N) is 2. The van der Waals surface area contributed by atoms with Gasteiger partial charge in [0.25, 0.3) is 5.91 Å². The van der Waals surface area contributed by atoms with Gasteiger partial charge in [-0.2, -0.15) is 5.10 Å². The molecule has 0 bridgehead atoms. The van der Waals surface area contributed by atoms with Gasteiger partial charge < -0.3 is 14.8 Å². The lowest BCUT2D eigenvalue weighted by molar-refractivity contribution is -0.123. The summed E-state index contributed by atoms with van der Waals surface area (Å²) in [6, 6.07) is 14.2. The minimum absolute atomic E-state index is 0.128. The van der Waals surface area contributed by atoms with Crippen LogP contribution in [0.25, 0.3) is 5.69 Å². The van der Waals surface area contributed by atoms with Gasteiger partial charge in [-0.15, -0.1) is 0 Å². The van der Waals surface area contributed by atoms with E-state index in [0.717, 1.165) is 17.1 Å². The summed E-state index contributed by atoms with van der Waals surface area (Å²) in [6.45, 7) is 0.171. The summed E-state index contributed by atoms with van der Waals surface area (Å²) < 4.78 is 12.3. The van der Waals surface area contributed by atoms with E-state index < -0.39 is 0 Å². The number of carbonyl (C=O) groups is 1. The van der Waals surface area contributed by atoms with E-state index in [4.69, 9.17) is 32.7 Å². The predicted molar refractivity (Wildman–Crippen MR) is 104 cm³/mol. The van der Waals surface area contributed by atoms with Gasteiger partial charge in [0, 0.05) is 12.3 Å². The number of amides is 1. The number of hydrogen-bond acceptors (Lipinski definition) is 4. The lowest BCUT2D eigenvalue weighted by Gasteiger charge is -2.07. The minimum atomic E-state index is -0.264. The maximum Gasteiger partial charge on any atom is 0.258 e. The average Bonchev–Trinajstić information content (AvgIpc) is 3.16. The molecule has 0 unspecified atom stereocenters. The Morgan fingerprint density at radius 2 is 1.81 bits per heavy atom. The number of aromatic nitrogens is 2. The van der Waals surface area contributed by atoms with E-state index in [1.165, 1.54) is 0 Å². The molecular weight excluding hydrogens is 389 g/mol. The van der Waals surface area contributed by atoms with Crippen molar-refractivity contribution in [3.05, 3.63) is 70.5 Å². The average molecular weight is 406 g/mol. The molecule has 1 aromatic heterocycles. The summed E-state index contributed by atoms with van der Waals surface area (Å²) in [5.41, 5.74) is 1.63. The molecule has 1 heterocycles. The van der Waals surface area contributed by atoms with Gasteiger partial charge in [-0.1, -0.05) is 23.2 Å². The second-order valence-corrected chi connectivity index (χ2v) is 6.41. The number of benzene rings is 2. The van der Waals surface area contributed by atoms with Crippen LogP contribution in [0, 0.1) is 0 Å². The number of ether oxygens (including phenoxy) is 2. The van der Waals surface area contributed by atoms with Crippen molar-refractivity contribution in [1.82, 2.24) is 15.1 Å². The summed E-state index contributed by atoms with van der Waals surface area (Å²) >= 11 is 11.8. The number of rotatable bonds is 7. The monoisotopic (exact) mass is 405 g/mol. The van der Waals surface area contributed by atoms with E-state index in [1.807, 2.05) is 36.5 Å². The van der Waals surface area contributed by atoms with Crippen LogP contribution in [0.15, 0.2) is 54.7 Å². The Morgan fingerprint density at radius 1 is 1.07 bits per heavy atom. The first kappa shape index (κ1) is 19.1. The van der Waals surface area contributed by atoms with Gasteiger partial charge in [0.2, 0.25) is 0 Å². The summed E-state index contributed by atoms with van der Waals surface area (Å²) in [5.74, 6) is 0.990. The van der Waals surface area contributed by atoms with Crippen LogP contribution in [-0.4, -0.2) is 29.4 Å². The molecule has 0 spiro atoms. The third kappa shape index (κ3) is 5.15. The van der Waals surface area contributed by atoms with Gasteiger partial charge in [0.1, 0.15) is 11.5 Å². The molecule has 27 heavy (non-hydrogen) atoms. The van der Waals surface area contributed by atoms with Crippen molar-refractivity contribution < 1.29 is 14.3 Å². The smallest absolute Gasteiger partial charge is 0.258 e. The lowest BCUT2D eigenvalue weighted by atomic mass is 10.3. The van der Waals surface area contributed by atoms with Gasteiger partial charge >= 0.3 is 0 Å². The maximum atomic E-state index is 11.9. The van der Waals surface area contributed by atoms with Crippen molar-refractivity contribution in [3.63, 3.8) is 0 Å². The Balaban J connectivity index is 1.50. The molecule has 0 radical (unpaired) electrons. The highest BCUT2D eigenvalue weighted by Gasteiger charge is 2.07. The van der Waals surface area contributed by atoms with Gasteiger partial charge in [-0.25, -0.2) is 4.68 Å². The quantitative estimate of drug-likeness (QED) is 0.647. The molecule has 1 amide bonds.